The number of carboxylic acid groups (broad SMARTS) is 3. The molecule has 0 aromatic rings. The van der Waals surface area contributed by atoms with Gasteiger partial charge in [0.25, 0.3) is 0 Å². The van der Waals surface area contributed by atoms with Crippen molar-refractivity contribution in [3.63, 3.8) is 0 Å². The van der Waals surface area contributed by atoms with Gasteiger partial charge in [0.05, 0.1) is 0 Å². The first-order chi connectivity index (χ1) is 6.81. The van der Waals surface area contributed by atoms with Crippen molar-refractivity contribution >= 4 is 17.9 Å². The van der Waals surface area contributed by atoms with Crippen molar-refractivity contribution in [2.24, 2.45) is 0 Å². The third-order valence-electron chi connectivity index (χ3n) is 0.907. The predicted molar refractivity (Wildman–Crippen MR) is 53.8 cm³/mol. The zero-order valence-electron chi connectivity index (χ0n) is 9.54. The summed E-state index contributed by atoms with van der Waals surface area (Å²) in [5, 5.41) is 23.2. The van der Waals surface area contributed by atoms with Gasteiger partial charge in [-0.2, -0.15) is 0 Å². The molecule has 0 heterocycles. The van der Waals surface area contributed by atoms with Crippen LogP contribution in [-0.4, -0.2) is 33.2 Å². The maximum atomic E-state index is 9.37. The molecule has 98 valence electrons. The largest absolute Gasteiger partial charge is 0.481 e. The van der Waals surface area contributed by atoms with E-state index in [2.05, 4.69) is 0 Å². The SMILES string of the molecule is CCC(=O)O.CCC(=O)O.CCC(=O)O.[Gd]. The van der Waals surface area contributed by atoms with E-state index in [1.165, 1.54) is 0 Å². The molecule has 7 heteroatoms. The Hall–Kier alpha value is -0.265. The Kier molecular flexibility index (Phi) is 31.3. The van der Waals surface area contributed by atoms with Crippen molar-refractivity contribution in [1.82, 2.24) is 0 Å². The van der Waals surface area contributed by atoms with Crippen molar-refractivity contribution in [3.8, 4) is 0 Å². The molecular formula is C9H18GdO6. The molecule has 0 atom stereocenters. The van der Waals surface area contributed by atoms with Crippen molar-refractivity contribution in [3.05, 3.63) is 0 Å². The van der Waals surface area contributed by atoms with Crippen molar-refractivity contribution in [2.75, 3.05) is 0 Å². The van der Waals surface area contributed by atoms with Crippen molar-refractivity contribution in [1.29, 1.82) is 0 Å². The second kappa shape index (κ2) is 20.2. The first kappa shape index (κ1) is 24.8. The molecule has 0 bridgehead atoms. The van der Waals surface area contributed by atoms with Crippen LogP contribution in [0.15, 0.2) is 0 Å². The van der Waals surface area contributed by atoms with Gasteiger partial charge in [0, 0.05) is 59.2 Å². The molecule has 0 rings (SSSR count). The fourth-order valence-corrected chi connectivity index (χ4v) is 0. The maximum absolute atomic E-state index is 9.37. The van der Waals surface area contributed by atoms with E-state index in [4.69, 9.17) is 15.3 Å². The average Bonchev–Trinajstić information content (AvgIpc) is 2.19. The number of aliphatic carboxylic acids is 3. The quantitative estimate of drug-likeness (QED) is 0.684. The van der Waals surface area contributed by atoms with Crippen LogP contribution in [0.25, 0.3) is 0 Å². The van der Waals surface area contributed by atoms with Gasteiger partial charge in [-0.1, -0.05) is 20.8 Å². The van der Waals surface area contributed by atoms with Gasteiger partial charge in [-0.15, -0.1) is 0 Å². The zero-order chi connectivity index (χ0) is 12.9. The van der Waals surface area contributed by atoms with E-state index in [-0.39, 0.29) is 59.2 Å². The number of carboxylic acids is 3. The molecule has 0 saturated heterocycles. The van der Waals surface area contributed by atoms with Crippen LogP contribution >= 0.6 is 0 Å². The van der Waals surface area contributed by atoms with E-state index in [0.29, 0.717) is 0 Å². The number of carbonyl (C=O) groups is 3. The Morgan fingerprint density at radius 2 is 0.750 bits per heavy atom. The molecule has 0 aliphatic carbocycles. The Morgan fingerprint density at radius 3 is 0.750 bits per heavy atom. The summed E-state index contributed by atoms with van der Waals surface area (Å²) in [5.74, 6) is -2.24. The molecule has 16 heavy (non-hydrogen) atoms. The van der Waals surface area contributed by atoms with Crippen LogP contribution < -0.4 is 0 Å². The number of rotatable bonds is 3. The van der Waals surface area contributed by atoms with Crippen LogP contribution in [0.5, 0.6) is 0 Å². The van der Waals surface area contributed by atoms with Crippen molar-refractivity contribution in [2.45, 2.75) is 40.0 Å². The van der Waals surface area contributed by atoms with Crippen LogP contribution in [0.4, 0.5) is 0 Å². The summed E-state index contributed by atoms with van der Waals surface area (Å²) in [6.07, 6.45) is 0.667. The minimum absolute atomic E-state index is 0. The summed E-state index contributed by atoms with van der Waals surface area (Å²) in [6, 6.07) is 0. The third kappa shape index (κ3) is 67.7. The Morgan fingerprint density at radius 1 is 0.688 bits per heavy atom. The Labute approximate surface area is 127 Å². The molecule has 3 N–H and O–H groups in total. The van der Waals surface area contributed by atoms with Gasteiger partial charge in [-0.25, -0.2) is 0 Å². The standard InChI is InChI=1S/3C3H6O2.Gd/c3*1-2-3(4)5;/h3*2H2,1H3,(H,4,5);. The third-order valence-corrected chi connectivity index (χ3v) is 0.907. The molecule has 6 nitrogen and oxygen atoms in total. The molecular weight excluding hydrogens is 361 g/mol. The first-order valence-electron chi connectivity index (χ1n) is 4.47. The van der Waals surface area contributed by atoms with Crippen LogP contribution in [0.2, 0.25) is 0 Å². The monoisotopic (exact) mass is 380 g/mol. The summed E-state index contributed by atoms with van der Waals surface area (Å²) in [4.78, 5) is 28.1. The fraction of sp³-hybridized carbons (Fsp3) is 0.667. The summed E-state index contributed by atoms with van der Waals surface area (Å²) in [6.45, 7) is 4.80. The van der Waals surface area contributed by atoms with Gasteiger partial charge >= 0.3 is 17.9 Å². The van der Waals surface area contributed by atoms with E-state index in [1.54, 1.807) is 20.8 Å². The number of hydrogen-bond acceptors (Lipinski definition) is 3. The summed E-state index contributed by atoms with van der Waals surface area (Å²) < 4.78 is 0. The summed E-state index contributed by atoms with van der Waals surface area (Å²) in [7, 11) is 0. The van der Waals surface area contributed by atoms with Crippen molar-refractivity contribution < 1.29 is 69.6 Å². The molecule has 0 aromatic carbocycles. The Bertz CT molecular complexity index is 159. The predicted octanol–water partition coefficient (Wildman–Crippen LogP) is 1.44. The topological polar surface area (TPSA) is 112 Å². The van der Waals surface area contributed by atoms with Gasteiger partial charge in [-0.05, 0) is 0 Å². The number of hydrogen-bond donors (Lipinski definition) is 3. The molecule has 0 fully saturated rings. The molecule has 0 saturated carbocycles. The molecule has 0 aromatic heterocycles. The molecule has 0 aliphatic heterocycles. The van der Waals surface area contributed by atoms with Crippen LogP contribution in [0, 0.1) is 39.9 Å². The second-order valence-corrected chi connectivity index (χ2v) is 2.24. The smallest absolute Gasteiger partial charge is 0.303 e. The normalized spacial score (nSPS) is 6.94. The summed E-state index contributed by atoms with van der Waals surface area (Å²) >= 11 is 0. The molecule has 0 spiro atoms. The zero-order valence-corrected chi connectivity index (χ0v) is 11.8. The maximum Gasteiger partial charge on any atom is 0.303 e. The van der Waals surface area contributed by atoms with Gasteiger partial charge in [0.15, 0.2) is 0 Å². The van der Waals surface area contributed by atoms with Gasteiger partial charge in [0.2, 0.25) is 0 Å². The summed E-state index contributed by atoms with van der Waals surface area (Å²) in [5.41, 5.74) is 0. The average molecular weight is 379 g/mol. The van der Waals surface area contributed by atoms with E-state index in [1.807, 2.05) is 0 Å². The molecule has 0 amide bonds. The minimum Gasteiger partial charge on any atom is -0.481 e. The van der Waals surface area contributed by atoms with Crippen LogP contribution in [0.1, 0.15) is 40.0 Å². The molecule has 0 unspecified atom stereocenters. The minimum atomic E-state index is -0.745. The van der Waals surface area contributed by atoms with E-state index in [0.717, 1.165) is 0 Å². The Balaban J connectivity index is -0.0000000655. The molecule has 0 radical (unpaired) electrons. The van der Waals surface area contributed by atoms with E-state index in [9.17, 15) is 14.4 Å². The fourth-order valence-electron chi connectivity index (χ4n) is 0. The van der Waals surface area contributed by atoms with Crippen LogP contribution in [-0.2, 0) is 14.4 Å². The van der Waals surface area contributed by atoms with Gasteiger partial charge in [0.1, 0.15) is 0 Å². The van der Waals surface area contributed by atoms with E-state index >= 15 is 0 Å². The first-order valence-corrected chi connectivity index (χ1v) is 4.47. The van der Waals surface area contributed by atoms with Gasteiger partial charge in [-0.3, -0.25) is 14.4 Å². The van der Waals surface area contributed by atoms with Gasteiger partial charge < -0.3 is 15.3 Å². The second-order valence-electron chi connectivity index (χ2n) is 2.24. The van der Waals surface area contributed by atoms with E-state index < -0.39 is 17.9 Å². The molecule has 0 aliphatic rings. The van der Waals surface area contributed by atoms with Crippen LogP contribution in [0.3, 0.4) is 0 Å².